The van der Waals surface area contributed by atoms with Crippen LogP contribution in [0.15, 0.2) is 24.3 Å². The molecule has 0 radical (unpaired) electrons. The van der Waals surface area contributed by atoms with Gasteiger partial charge in [-0.05, 0) is 122 Å². The molecule has 1 N–H and O–H groups in total. The van der Waals surface area contributed by atoms with Crippen molar-refractivity contribution in [2.75, 3.05) is 6.54 Å². The van der Waals surface area contributed by atoms with E-state index in [4.69, 9.17) is 5.26 Å². The molecule has 8 unspecified atom stereocenters. The van der Waals surface area contributed by atoms with Crippen molar-refractivity contribution < 1.29 is 4.79 Å². The highest BCUT2D eigenvalue weighted by Crippen LogP contribution is 2.63. The van der Waals surface area contributed by atoms with Gasteiger partial charge in [0, 0.05) is 12.1 Å². The number of hydrogen-bond donors (Lipinski definition) is 1. The van der Waals surface area contributed by atoms with Gasteiger partial charge in [0.15, 0.2) is 0 Å². The smallest absolute Gasteiger partial charge is 0.251 e. The molecule has 3 nitrogen and oxygen atoms in total. The van der Waals surface area contributed by atoms with Crippen molar-refractivity contribution in [2.24, 2.45) is 46.8 Å². The number of hydrogen-bond acceptors (Lipinski definition) is 2. The van der Waals surface area contributed by atoms with E-state index in [1.807, 2.05) is 0 Å². The van der Waals surface area contributed by atoms with Crippen molar-refractivity contribution in [1.82, 2.24) is 5.32 Å². The summed E-state index contributed by atoms with van der Waals surface area (Å²) in [6.07, 6.45) is 14.1. The van der Waals surface area contributed by atoms with Crippen molar-refractivity contribution in [3.63, 3.8) is 0 Å². The molecule has 0 spiro atoms. The minimum absolute atomic E-state index is 0.00531. The van der Waals surface area contributed by atoms with Crippen LogP contribution >= 0.6 is 0 Å². The first kappa shape index (κ1) is 22.0. The summed E-state index contributed by atoms with van der Waals surface area (Å²) in [5.74, 6) is 6.32. The van der Waals surface area contributed by atoms with Crippen LogP contribution in [0.2, 0.25) is 0 Å². The number of nitriles is 1. The van der Waals surface area contributed by atoms with Gasteiger partial charge in [0.1, 0.15) is 0 Å². The molecule has 0 heterocycles. The van der Waals surface area contributed by atoms with Gasteiger partial charge in [-0.3, -0.25) is 4.79 Å². The Bertz CT molecular complexity index is 870. The minimum Gasteiger partial charge on any atom is -0.352 e. The minimum atomic E-state index is 0.00531. The molecule has 4 saturated carbocycles. The van der Waals surface area contributed by atoms with Crippen LogP contribution in [0.3, 0.4) is 0 Å². The normalized spacial score (nSPS) is 40.8. The fourth-order valence-electron chi connectivity index (χ4n) is 8.75. The van der Waals surface area contributed by atoms with Crippen molar-refractivity contribution >= 4 is 5.91 Å². The summed E-state index contributed by atoms with van der Waals surface area (Å²) in [6, 6.07) is 9.13. The van der Waals surface area contributed by atoms with Crippen LogP contribution in [0, 0.1) is 58.2 Å². The number of rotatable bonds is 3. The largest absolute Gasteiger partial charge is 0.352 e. The molecule has 0 saturated heterocycles. The number of carbonyl (C=O) groups is 1. The summed E-state index contributed by atoms with van der Waals surface area (Å²) in [5, 5.41) is 12.3. The highest BCUT2D eigenvalue weighted by molar-refractivity contribution is 5.94. The lowest BCUT2D eigenvalue weighted by Gasteiger charge is -2.60. The lowest BCUT2D eigenvalue weighted by Crippen LogP contribution is -2.54. The van der Waals surface area contributed by atoms with E-state index in [0.29, 0.717) is 22.5 Å². The number of carbonyl (C=O) groups excluding carboxylic acids is 1. The maximum absolute atomic E-state index is 12.8. The average molecular weight is 433 g/mol. The summed E-state index contributed by atoms with van der Waals surface area (Å²) in [4.78, 5) is 12.8. The molecule has 1 aromatic carbocycles. The van der Waals surface area contributed by atoms with Gasteiger partial charge >= 0.3 is 0 Å². The van der Waals surface area contributed by atoms with Gasteiger partial charge in [-0.1, -0.05) is 26.7 Å². The standard InChI is InChI=1S/C29H40N2O/c1-19-6-12-24-22(16-19)11-13-26-25(24)14-15-29(2)23(4-3-5-27(26)29)18-31-28(32)21-9-7-20(17-30)8-10-21/h7-10,19,22-27H,3-6,11-16,18H2,1-2H3,(H,31,32). The fraction of sp³-hybridized carbons (Fsp3) is 0.724. The van der Waals surface area contributed by atoms with E-state index in [1.165, 1.54) is 64.2 Å². The maximum atomic E-state index is 12.8. The van der Waals surface area contributed by atoms with Crippen molar-refractivity contribution in [2.45, 2.75) is 78.1 Å². The van der Waals surface area contributed by atoms with Crippen LogP contribution < -0.4 is 5.32 Å². The van der Waals surface area contributed by atoms with E-state index in [2.05, 4.69) is 25.2 Å². The van der Waals surface area contributed by atoms with E-state index < -0.39 is 0 Å². The Kier molecular flexibility index (Phi) is 6.08. The van der Waals surface area contributed by atoms with Gasteiger partial charge < -0.3 is 5.32 Å². The molecule has 4 aliphatic carbocycles. The predicted octanol–water partition coefficient (Wildman–Crippen LogP) is 6.58. The average Bonchev–Trinajstić information content (AvgIpc) is 2.81. The molecule has 5 rings (SSSR count). The molecule has 32 heavy (non-hydrogen) atoms. The first-order valence-electron chi connectivity index (χ1n) is 13.3. The third kappa shape index (κ3) is 3.89. The second kappa shape index (κ2) is 8.85. The molecule has 3 heteroatoms. The SMILES string of the molecule is CC1CCC2C(CCC3C2CCC2(C)C(CNC(=O)c4ccc(C#N)cc4)CCCC32)C1. The number of amides is 1. The Labute approximate surface area is 194 Å². The Hall–Kier alpha value is -1.82. The molecule has 0 bridgehead atoms. The number of fused-ring (bicyclic) bond motifs is 5. The second-order valence-electron chi connectivity index (χ2n) is 11.9. The monoisotopic (exact) mass is 432 g/mol. The van der Waals surface area contributed by atoms with Crippen LogP contribution in [0.5, 0.6) is 0 Å². The number of nitrogens with zero attached hydrogens (tertiary/aromatic N) is 1. The van der Waals surface area contributed by atoms with Crippen LogP contribution in [0.25, 0.3) is 0 Å². The van der Waals surface area contributed by atoms with Gasteiger partial charge in [0.2, 0.25) is 0 Å². The van der Waals surface area contributed by atoms with E-state index in [1.54, 1.807) is 24.3 Å². The van der Waals surface area contributed by atoms with Crippen molar-refractivity contribution in [3.8, 4) is 6.07 Å². The van der Waals surface area contributed by atoms with E-state index in [-0.39, 0.29) is 5.91 Å². The molecule has 0 aliphatic heterocycles. The third-order valence-corrected chi connectivity index (χ3v) is 10.4. The zero-order valence-electron chi connectivity index (χ0n) is 20.0. The van der Waals surface area contributed by atoms with Crippen LogP contribution in [-0.4, -0.2) is 12.5 Å². The quantitative estimate of drug-likeness (QED) is 0.586. The molecular weight excluding hydrogens is 392 g/mol. The summed E-state index contributed by atoms with van der Waals surface area (Å²) in [5.41, 5.74) is 1.64. The summed E-state index contributed by atoms with van der Waals surface area (Å²) >= 11 is 0. The molecular formula is C29H40N2O. The first-order valence-corrected chi connectivity index (χ1v) is 13.3. The molecule has 4 aliphatic rings. The molecule has 172 valence electrons. The summed E-state index contributed by atoms with van der Waals surface area (Å²) in [6.45, 7) is 5.84. The van der Waals surface area contributed by atoms with Gasteiger partial charge in [0.25, 0.3) is 5.91 Å². The zero-order chi connectivity index (χ0) is 22.3. The predicted molar refractivity (Wildman–Crippen MR) is 128 cm³/mol. The van der Waals surface area contributed by atoms with Gasteiger partial charge in [-0.25, -0.2) is 0 Å². The van der Waals surface area contributed by atoms with Gasteiger partial charge in [-0.15, -0.1) is 0 Å². The van der Waals surface area contributed by atoms with E-state index in [9.17, 15) is 4.79 Å². The lowest BCUT2D eigenvalue weighted by molar-refractivity contribution is -0.108. The number of benzene rings is 1. The van der Waals surface area contributed by atoms with Crippen LogP contribution in [0.4, 0.5) is 0 Å². The topological polar surface area (TPSA) is 52.9 Å². The zero-order valence-corrected chi connectivity index (χ0v) is 20.0. The van der Waals surface area contributed by atoms with Gasteiger partial charge in [0.05, 0.1) is 11.6 Å². The maximum Gasteiger partial charge on any atom is 0.251 e. The highest BCUT2D eigenvalue weighted by Gasteiger charge is 2.55. The van der Waals surface area contributed by atoms with Crippen LogP contribution in [0.1, 0.15) is 94.0 Å². The Morgan fingerprint density at radius 2 is 1.81 bits per heavy atom. The molecule has 1 aromatic rings. The van der Waals surface area contributed by atoms with Crippen molar-refractivity contribution in [3.05, 3.63) is 35.4 Å². The summed E-state index contributed by atoms with van der Waals surface area (Å²) < 4.78 is 0. The Morgan fingerprint density at radius 3 is 2.59 bits per heavy atom. The van der Waals surface area contributed by atoms with Gasteiger partial charge in [-0.2, -0.15) is 5.26 Å². The number of nitrogens with one attached hydrogen (secondary N) is 1. The fourth-order valence-corrected chi connectivity index (χ4v) is 8.75. The van der Waals surface area contributed by atoms with Crippen LogP contribution in [-0.2, 0) is 0 Å². The Balaban J connectivity index is 1.26. The second-order valence-corrected chi connectivity index (χ2v) is 11.9. The third-order valence-electron chi connectivity index (χ3n) is 10.4. The molecule has 0 aromatic heterocycles. The van der Waals surface area contributed by atoms with Crippen molar-refractivity contribution in [1.29, 1.82) is 5.26 Å². The molecule has 1 amide bonds. The van der Waals surface area contributed by atoms with E-state index >= 15 is 0 Å². The lowest BCUT2D eigenvalue weighted by atomic mass is 9.45. The Morgan fingerprint density at radius 1 is 1.03 bits per heavy atom. The molecule has 8 atom stereocenters. The molecule has 4 fully saturated rings. The highest BCUT2D eigenvalue weighted by atomic mass is 16.1. The summed E-state index contributed by atoms with van der Waals surface area (Å²) in [7, 11) is 0. The first-order chi connectivity index (χ1) is 15.5. The van der Waals surface area contributed by atoms with E-state index in [0.717, 1.165) is 42.1 Å².